The molecule has 0 saturated heterocycles. The van der Waals surface area contributed by atoms with E-state index in [-0.39, 0.29) is 12.5 Å². The number of aromatic nitrogens is 1. The Labute approximate surface area is 160 Å². The molecule has 1 aromatic heterocycles. The SMILES string of the molecule is COCCOCOc1cncc(C(C)Oc2ccc(C#N)c(C(F)(F)F)c2)c1. The third-order valence-electron chi connectivity index (χ3n) is 3.67. The first-order valence-electron chi connectivity index (χ1n) is 8.27. The second kappa shape index (κ2) is 9.92. The second-order valence-electron chi connectivity index (χ2n) is 5.69. The number of rotatable bonds is 9. The van der Waals surface area contributed by atoms with E-state index in [2.05, 4.69) is 4.98 Å². The van der Waals surface area contributed by atoms with Crippen molar-refractivity contribution in [3.63, 3.8) is 0 Å². The zero-order valence-electron chi connectivity index (χ0n) is 15.3. The number of methoxy groups -OCH3 is 1. The Balaban J connectivity index is 2.06. The van der Waals surface area contributed by atoms with Gasteiger partial charge < -0.3 is 18.9 Å². The van der Waals surface area contributed by atoms with Crippen LogP contribution in [0.3, 0.4) is 0 Å². The smallest absolute Gasteiger partial charge is 0.417 e. The highest BCUT2D eigenvalue weighted by atomic mass is 19.4. The van der Waals surface area contributed by atoms with Gasteiger partial charge in [-0.1, -0.05) is 0 Å². The van der Waals surface area contributed by atoms with Crippen molar-refractivity contribution in [2.75, 3.05) is 27.1 Å². The molecule has 0 N–H and O–H groups in total. The molecule has 0 aliphatic carbocycles. The van der Waals surface area contributed by atoms with Crippen molar-refractivity contribution in [3.8, 4) is 17.6 Å². The van der Waals surface area contributed by atoms with E-state index in [9.17, 15) is 13.2 Å². The van der Waals surface area contributed by atoms with Gasteiger partial charge in [0.2, 0.25) is 0 Å². The fourth-order valence-electron chi connectivity index (χ4n) is 2.25. The van der Waals surface area contributed by atoms with Crippen LogP contribution in [0.15, 0.2) is 36.7 Å². The molecule has 1 unspecified atom stereocenters. The maximum Gasteiger partial charge on any atom is 0.417 e. The van der Waals surface area contributed by atoms with Gasteiger partial charge in [0.05, 0.1) is 36.6 Å². The van der Waals surface area contributed by atoms with Crippen molar-refractivity contribution in [2.24, 2.45) is 0 Å². The minimum atomic E-state index is -4.65. The van der Waals surface area contributed by atoms with Crippen molar-refractivity contribution in [1.82, 2.24) is 4.98 Å². The fourth-order valence-corrected chi connectivity index (χ4v) is 2.25. The number of nitriles is 1. The number of hydrogen-bond donors (Lipinski definition) is 0. The zero-order valence-corrected chi connectivity index (χ0v) is 15.3. The molecule has 0 radical (unpaired) electrons. The third-order valence-corrected chi connectivity index (χ3v) is 3.67. The number of halogens is 3. The lowest BCUT2D eigenvalue weighted by Gasteiger charge is -2.17. The van der Waals surface area contributed by atoms with Crippen LogP contribution in [-0.2, 0) is 15.7 Å². The number of hydrogen-bond acceptors (Lipinski definition) is 6. The van der Waals surface area contributed by atoms with Crippen molar-refractivity contribution >= 4 is 0 Å². The van der Waals surface area contributed by atoms with Crippen LogP contribution in [0.1, 0.15) is 29.7 Å². The summed E-state index contributed by atoms with van der Waals surface area (Å²) in [4.78, 5) is 4.04. The molecule has 1 heterocycles. The Morgan fingerprint density at radius 2 is 1.93 bits per heavy atom. The summed E-state index contributed by atoms with van der Waals surface area (Å²) in [7, 11) is 1.56. The summed E-state index contributed by atoms with van der Waals surface area (Å²) in [6.07, 6.45) is -2.23. The topological polar surface area (TPSA) is 73.6 Å². The van der Waals surface area contributed by atoms with E-state index in [1.165, 1.54) is 24.5 Å². The minimum absolute atomic E-state index is 0.00644. The van der Waals surface area contributed by atoms with Crippen molar-refractivity contribution < 1.29 is 32.1 Å². The molecule has 0 bridgehead atoms. The molecular formula is C19H19F3N2O4. The molecule has 1 atom stereocenters. The molecule has 0 spiro atoms. The monoisotopic (exact) mass is 396 g/mol. The number of nitrogens with zero attached hydrogens (tertiary/aromatic N) is 2. The zero-order chi connectivity index (χ0) is 20.6. The molecule has 150 valence electrons. The number of alkyl halides is 3. The van der Waals surface area contributed by atoms with E-state index >= 15 is 0 Å². The fraction of sp³-hybridized carbons (Fsp3) is 0.368. The van der Waals surface area contributed by atoms with Crippen LogP contribution in [0.4, 0.5) is 13.2 Å². The molecular weight excluding hydrogens is 377 g/mol. The van der Waals surface area contributed by atoms with Crippen LogP contribution < -0.4 is 9.47 Å². The standard InChI is InChI=1S/C19H19F3N2O4/c1-13(15-7-17(11-24-10-15)27-12-26-6-5-25-2)28-16-4-3-14(9-23)18(8-16)19(20,21)22/h3-4,7-8,10-11,13H,5-6,12H2,1-2H3. The van der Waals surface area contributed by atoms with E-state index in [4.69, 9.17) is 24.2 Å². The van der Waals surface area contributed by atoms with E-state index in [0.29, 0.717) is 24.5 Å². The van der Waals surface area contributed by atoms with Gasteiger partial charge >= 0.3 is 6.18 Å². The van der Waals surface area contributed by atoms with Gasteiger partial charge in [-0.25, -0.2) is 0 Å². The molecule has 6 nitrogen and oxygen atoms in total. The first-order valence-corrected chi connectivity index (χ1v) is 8.27. The first kappa shape index (κ1) is 21.5. The minimum Gasteiger partial charge on any atom is -0.486 e. The number of benzene rings is 1. The number of ether oxygens (including phenoxy) is 4. The molecule has 0 saturated carbocycles. The second-order valence-corrected chi connectivity index (χ2v) is 5.69. The van der Waals surface area contributed by atoms with Gasteiger partial charge in [-0.05, 0) is 31.2 Å². The van der Waals surface area contributed by atoms with Crippen LogP contribution in [-0.4, -0.2) is 32.1 Å². The van der Waals surface area contributed by atoms with Crippen molar-refractivity contribution in [3.05, 3.63) is 53.3 Å². The highest BCUT2D eigenvalue weighted by Gasteiger charge is 2.34. The lowest BCUT2D eigenvalue weighted by Crippen LogP contribution is -2.10. The van der Waals surface area contributed by atoms with Crippen LogP contribution >= 0.6 is 0 Å². The molecule has 0 fully saturated rings. The molecule has 0 amide bonds. The normalized spacial score (nSPS) is 12.3. The van der Waals surface area contributed by atoms with Crippen molar-refractivity contribution in [2.45, 2.75) is 19.2 Å². The predicted molar refractivity (Wildman–Crippen MR) is 92.8 cm³/mol. The van der Waals surface area contributed by atoms with E-state index < -0.39 is 23.4 Å². The summed E-state index contributed by atoms with van der Waals surface area (Å²) in [6, 6.07) is 6.41. The molecule has 1 aromatic carbocycles. The van der Waals surface area contributed by atoms with Crippen LogP contribution in [0.2, 0.25) is 0 Å². The highest BCUT2D eigenvalue weighted by molar-refractivity contribution is 5.44. The predicted octanol–water partition coefficient (Wildman–Crippen LogP) is 4.11. The molecule has 2 aromatic rings. The van der Waals surface area contributed by atoms with Gasteiger partial charge in [0, 0.05) is 18.9 Å². The highest BCUT2D eigenvalue weighted by Crippen LogP contribution is 2.35. The summed E-state index contributed by atoms with van der Waals surface area (Å²) < 4.78 is 60.3. The van der Waals surface area contributed by atoms with Crippen LogP contribution in [0, 0.1) is 11.3 Å². The molecule has 0 aliphatic heterocycles. The average molecular weight is 396 g/mol. The van der Waals surface area contributed by atoms with Gasteiger partial charge in [0.15, 0.2) is 6.79 Å². The van der Waals surface area contributed by atoms with E-state index in [1.807, 2.05) is 0 Å². The van der Waals surface area contributed by atoms with Gasteiger partial charge in [0.1, 0.15) is 17.6 Å². The molecule has 2 rings (SSSR count). The Morgan fingerprint density at radius 3 is 2.61 bits per heavy atom. The first-order chi connectivity index (χ1) is 13.3. The van der Waals surface area contributed by atoms with Gasteiger partial charge in [-0.15, -0.1) is 0 Å². The van der Waals surface area contributed by atoms with Gasteiger partial charge in [-0.2, -0.15) is 18.4 Å². The molecule has 0 aliphatic rings. The maximum atomic E-state index is 13.1. The van der Waals surface area contributed by atoms with E-state index in [0.717, 1.165) is 12.1 Å². The largest absolute Gasteiger partial charge is 0.486 e. The van der Waals surface area contributed by atoms with Crippen LogP contribution in [0.5, 0.6) is 11.5 Å². The summed E-state index contributed by atoms with van der Waals surface area (Å²) in [5.41, 5.74) is -0.895. The Morgan fingerprint density at radius 1 is 1.14 bits per heavy atom. The van der Waals surface area contributed by atoms with Gasteiger partial charge in [0.25, 0.3) is 0 Å². The van der Waals surface area contributed by atoms with Gasteiger partial charge in [-0.3, -0.25) is 4.98 Å². The Bertz CT molecular complexity index is 822. The summed E-state index contributed by atoms with van der Waals surface area (Å²) in [5, 5.41) is 8.85. The summed E-state index contributed by atoms with van der Waals surface area (Å²) >= 11 is 0. The van der Waals surface area contributed by atoms with E-state index in [1.54, 1.807) is 20.1 Å². The number of pyridine rings is 1. The Kier molecular flexibility index (Phi) is 7.61. The lowest BCUT2D eigenvalue weighted by atomic mass is 10.1. The summed E-state index contributed by atoms with van der Waals surface area (Å²) in [5.74, 6) is 0.425. The van der Waals surface area contributed by atoms with Crippen LogP contribution in [0.25, 0.3) is 0 Å². The van der Waals surface area contributed by atoms with Crippen molar-refractivity contribution in [1.29, 1.82) is 5.26 Å². The lowest BCUT2D eigenvalue weighted by molar-refractivity contribution is -0.137. The average Bonchev–Trinajstić information content (AvgIpc) is 2.67. The maximum absolute atomic E-state index is 13.1. The Hall–Kier alpha value is -2.83. The molecule has 9 heteroatoms. The molecule has 28 heavy (non-hydrogen) atoms. The third kappa shape index (κ3) is 6.11. The quantitative estimate of drug-likeness (QED) is 0.469. The summed E-state index contributed by atoms with van der Waals surface area (Å²) in [6.45, 7) is 2.50.